The number of hydrogen-bond donors (Lipinski definition) is 0. The Bertz CT molecular complexity index is 1310. The van der Waals surface area contributed by atoms with E-state index in [1.54, 1.807) is 20.8 Å². The van der Waals surface area contributed by atoms with Gasteiger partial charge in [0.05, 0.1) is 65.0 Å². The van der Waals surface area contributed by atoms with Gasteiger partial charge in [0.1, 0.15) is 15.1 Å². The van der Waals surface area contributed by atoms with E-state index in [1.807, 2.05) is 0 Å². The lowest BCUT2D eigenvalue weighted by Crippen LogP contribution is -2.55. The van der Waals surface area contributed by atoms with Gasteiger partial charge in [-0.15, -0.1) is 0 Å². The molecule has 0 aliphatic carbocycles. The molecule has 0 aliphatic rings. The Labute approximate surface area is 292 Å². The molecule has 0 heterocycles. The van der Waals surface area contributed by atoms with Gasteiger partial charge in [0.15, 0.2) is 17.2 Å². The minimum Gasteiger partial charge on any atom is -0.491 e. The molecule has 16 heteroatoms. The van der Waals surface area contributed by atoms with Gasteiger partial charge >= 0.3 is 0 Å². The second kappa shape index (κ2) is 14.6. The van der Waals surface area contributed by atoms with Crippen LogP contribution in [-0.2, 0) is 0 Å². The van der Waals surface area contributed by atoms with Gasteiger partial charge in [0.25, 0.3) is 6.71 Å². The normalized spacial score (nSPS) is 11.2. The van der Waals surface area contributed by atoms with Crippen LogP contribution in [0, 0.1) is 0 Å². The Morgan fingerprint density at radius 2 is 0.575 bits per heavy atom. The molecule has 0 radical (unpaired) electrons. The van der Waals surface area contributed by atoms with Crippen molar-refractivity contribution in [1.29, 1.82) is 0 Å². The van der Waals surface area contributed by atoms with E-state index in [0.717, 1.165) is 0 Å². The van der Waals surface area contributed by atoms with Gasteiger partial charge in [-0.2, -0.15) is 0 Å². The van der Waals surface area contributed by atoms with Gasteiger partial charge < -0.3 is 14.2 Å². The van der Waals surface area contributed by atoms with Crippen molar-refractivity contribution in [3.8, 4) is 17.2 Å². The van der Waals surface area contributed by atoms with Crippen LogP contribution in [0.5, 0.6) is 17.2 Å². The Morgan fingerprint density at radius 3 is 0.775 bits per heavy atom. The first-order valence-electron chi connectivity index (χ1n) is 11.2. The van der Waals surface area contributed by atoms with Crippen LogP contribution in [0.2, 0.25) is 60.3 Å². The highest BCUT2D eigenvalue weighted by molar-refractivity contribution is 7.02. The van der Waals surface area contributed by atoms with Crippen LogP contribution in [0.1, 0.15) is 20.8 Å². The van der Waals surface area contributed by atoms with Gasteiger partial charge in [-0.3, -0.25) is 0 Å². The zero-order chi connectivity index (χ0) is 30.2. The van der Waals surface area contributed by atoms with Crippen molar-refractivity contribution in [3.63, 3.8) is 0 Å². The Morgan fingerprint density at radius 1 is 0.350 bits per heavy atom. The van der Waals surface area contributed by atoms with Crippen LogP contribution in [0.15, 0.2) is 0 Å². The van der Waals surface area contributed by atoms with Crippen molar-refractivity contribution in [2.75, 3.05) is 19.8 Å². The van der Waals surface area contributed by atoms with E-state index in [1.165, 1.54) is 0 Å². The Balaban J connectivity index is 2.70. The third kappa shape index (κ3) is 6.23. The van der Waals surface area contributed by atoms with E-state index in [2.05, 4.69) is 0 Å². The predicted molar refractivity (Wildman–Crippen MR) is 178 cm³/mol. The van der Waals surface area contributed by atoms with Gasteiger partial charge in [0, 0.05) is 0 Å². The minimum atomic E-state index is -1.23. The SMILES string of the molecule is CCOc1c(Cl)c(Cl)c(Cl)c(B(c2c(Cl)c(Cl)c(Cl)c(OCC)c2Cl)c2c(Cl)c(Cl)c(Cl)c(OCC)c2Cl)c1Cl. The number of rotatable bonds is 9. The summed E-state index contributed by atoms with van der Waals surface area (Å²) in [5.41, 5.74) is 0.321. The topological polar surface area (TPSA) is 27.7 Å². The first-order chi connectivity index (χ1) is 18.8. The van der Waals surface area contributed by atoms with Crippen molar-refractivity contribution < 1.29 is 14.2 Å². The number of benzene rings is 3. The number of ether oxygens (including phenoxy) is 3. The third-order valence-electron chi connectivity index (χ3n) is 5.50. The molecule has 0 unspecified atom stereocenters. The first kappa shape index (κ1) is 35.1. The molecule has 0 N–H and O–H groups in total. The van der Waals surface area contributed by atoms with Crippen LogP contribution in [0.3, 0.4) is 0 Å². The molecule has 3 nitrogen and oxygen atoms in total. The van der Waals surface area contributed by atoms with Crippen molar-refractivity contribution in [2.24, 2.45) is 0 Å². The summed E-state index contributed by atoms with van der Waals surface area (Å²) in [4.78, 5) is 0. The highest BCUT2D eigenvalue weighted by atomic mass is 35.5. The highest BCUT2D eigenvalue weighted by Crippen LogP contribution is 2.47. The van der Waals surface area contributed by atoms with E-state index in [0.29, 0.717) is 0 Å². The molecule has 0 bridgehead atoms. The van der Waals surface area contributed by atoms with Gasteiger partial charge in [-0.25, -0.2) is 0 Å². The van der Waals surface area contributed by atoms with E-state index in [9.17, 15) is 0 Å². The molecule has 0 fully saturated rings. The maximum absolute atomic E-state index is 6.91. The van der Waals surface area contributed by atoms with E-state index in [4.69, 9.17) is 153 Å². The first-order valence-corrected chi connectivity index (χ1v) is 15.8. The maximum Gasteiger partial charge on any atom is 0.253 e. The summed E-state index contributed by atoms with van der Waals surface area (Å²) in [6, 6.07) is 0. The molecule has 216 valence electrons. The molecule has 3 aromatic rings. The van der Waals surface area contributed by atoms with Crippen LogP contribution < -0.4 is 30.6 Å². The van der Waals surface area contributed by atoms with E-state index < -0.39 is 6.71 Å². The Hall–Kier alpha value is 0.605. The molecule has 0 saturated carbocycles. The molecule has 0 aromatic heterocycles. The molecule has 3 rings (SSSR count). The second-order valence-electron chi connectivity index (χ2n) is 7.73. The minimum absolute atomic E-state index is 0.0244. The molecule has 40 heavy (non-hydrogen) atoms. The lowest BCUT2D eigenvalue weighted by Gasteiger charge is -2.27. The molecule has 0 aliphatic heterocycles. The summed E-state index contributed by atoms with van der Waals surface area (Å²) < 4.78 is 17.1. The molecule has 0 saturated heterocycles. The van der Waals surface area contributed by atoms with Crippen molar-refractivity contribution in [2.45, 2.75) is 20.8 Å². The summed E-state index contributed by atoms with van der Waals surface area (Å²) in [7, 11) is 0. The quantitative estimate of drug-likeness (QED) is 0.123. The molecule has 0 spiro atoms. The lowest BCUT2D eigenvalue weighted by molar-refractivity contribution is 0.341. The summed E-state index contributed by atoms with van der Waals surface area (Å²) in [5.74, 6) is 0.111. The molecule has 3 aromatic carbocycles. The van der Waals surface area contributed by atoms with Gasteiger partial charge in [-0.05, 0) is 37.2 Å². The highest BCUT2D eigenvalue weighted by Gasteiger charge is 2.41. The van der Waals surface area contributed by atoms with Crippen LogP contribution in [0.4, 0.5) is 0 Å². The van der Waals surface area contributed by atoms with Crippen LogP contribution in [0.25, 0.3) is 0 Å². The molecular formula is C24H15BCl12O3. The van der Waals surface area contributed by atoms with Crippen molar-refractivity contribution in [1.82, 2.24) is 0 Å². The smallest absolute Gasteiger partial charge is 0.253 e. The number of hydrogen-bond acceptors (Lipinski definition) is 3. The van der Waals surface area contributed by atoms with E-state index >= 15 is 0 Å². The fourth-order valence-corrected chi connectivity index (χ4v) is 7.58. The van der Waals surface area contributed by atoms with Crippen molar-refractivity contribution >= 4 is 162 Å². The second-order valence-corrected chi connectivity index (χ2v) is 12.3. The average molecular weight is 788 g/mol. The van der Waals surface area contributed by atoms with Crippen LogP contribution >= 0.6 is 139 Å². The monoisotopic (exact) mass is 782 g/mol. The predicted octanol–water partition coefficient (Wildman–Crippen LogP) is 11.2. The standard InChI is InChI=1S/C24H15BCl12O3/c1-4-38-22-13(29)7(10(26)16(32)19(22)35)25(8-11(27)17(33)20(36)23(14(8)30)39-5-2)9-12(28)18(34)21(37)24(15(9)31)40-6-3/h4-6H2,1-3H3. The van der Waals surface area contributed by atoms with E-state index in [-0.39, 0.29) is 114 Å². The molecular weight excluding hydrogens is 773 g/mol. The zero-order valence-electron chi connectivity index (χ0n) is 20.5. The summed E-state index contributed by atoms with van der Waals surface area (Å²) in [5, 5.41) is -0.693. The zero-order valence-corrected chi connectivity index (χ0v) is 29.5. The van der Waals surface area contributed by atoms with Crippen LogP contribution in [-0.4, -0.2) is 26.5 Å². The summed E-state index contributed by atoms with van der Waals surface area (Å²) in [6.07, 6.45) is 0. The lowest BCUT2D eigenvalue weighted by atomic mass is 9.36. The summed E-state index contributed by atoms with van der Waals surface area (Å²) in [6.45, 7) is 4.53. The maximum atomic E-state index is 6.91. The molecule has 0 atom stereocenters. The molecule has 0 amide bonds. The van der Waals surface area contributed by atoms with Gasteiger partial charge in [-0.1, -0.05) is 139 Å². The summed E-state index contributed by atoms with van der Waals surface area (Å²) >= 11 is 80.3. The average Bonchev–Trinajstić information content (AvgIpc) is 2.92. The third-order valence-corrected chi connectivity index (χ3v) is 10.6. The fourth-order valence-electron chi connectivity index (χ4n) is 3.89. The number of halogens is 12. The Kier molecular flexibility index (Phi) is 12.8. The fraction of sp³-hybridized carbons (Fsp3) is 0.250. The largest absolute Gasteiger partial charge is 0.491 e. The van der Waals surface area contributed by atoms with Gasteiger partial charge in [0.2, 0.25) is 0 Å². The van der Waals surface area contributed by atoms with Crippen molar-refractivity contribution in [3.05, 3.63) is 60.3 Å².